The molecular formula is C14H21N3S. The Morgan fingerprint density at radius 1 is 1.17 bits per heavy atom. The first-order chi connectivity index (χ1) is 8.81. The van der Waals surface area contributed by atoms with Crippen LogP contribution in [-0.2, 0) is 0 Å². The van der Waals surface area contributed by atoms with Crippen LogP contribution in [0.4, 0.5) is 0 Å². The number of hydrogen-bond donors (Lipinski definition) is 0. The van der Waals surface area contributed by atoms with Crippen LogP contribution in [0.1, 0.15) is 39.5 Å². The third-order valence-electron chi connectivity index (χ3n) is 2.82. The van der Waals surface area contributed by atoms with Crippen molar-refractivity contribution in [2.75, 3.05) is 0 Å². The smallest absolute Gasteiger partial charge is 0.0496 e. The molecule has 98 valence electrons. The molecule has 0 heterocycles. The number of rotatable bonds is 8. The molecule has 0 bridgehead atoms. The first-order valence-corrected chi connectivity index (χ1v) is 7.45. The molecule has 0 amide bonds. The van der Waals surface area contributed by atoms with Crippen LogP contribution in [0.2, 0.25) is 0 Å². The summed E-state index contributed by atoms with van der Waals surface area (Å²) in [6, 6.07) is 10.5. The van der Waals surface area contributed by atoms with E-state index < -0.39 is 0 Å². The normalized spacial score (nSPS) is 13.7. The molecule has 0 radical (unpaired) electrons. The summed E-state index contributed by atoms with van der Waals surface area (Å²) >= 11 is 1.84. The Balaban J connectivity index is 2.76. The van der Waals surface area contributed by atoms with Crippen LogP contribution < -0.4 is 0 Å². The van der Waals surface area contributed by atoms with E-state index in [1.54, 1.807) is 0 Å². The van der Waals surface area contributed by atoms with Crippen molar-refractivity contribution in [3.8, 4) is 0 Å². The van der Waals surface area contributed by atoms with Gasteiger partial charge in [-0.2, -0.15) is 0 Å². The third kappa shape index (κ3) is 5.03. The zero-order valence-electron chi connectivity index (χ0n) is 11.1. The molecule has 2 atom stereocenters. The topological polar surface area (TPSA) is 48.8 Å². The van der Waals surface area contributed by atoms with Crippen LogP contribution in [0.5, 0.6) is 0 Å². The lowest BCUT2D eigenvalue weighted by molar-refractivity contribution is 0.546. The lowest BCUT2D eigenvalue weighted by atomic mass is 10.1. The summed E-state index contributed by atoms with van der Waals surface area (Å²) in [7, 11) is 0. The van der Waals surface area contributed by atoms with Crippen LogP contribution in [0.15, 0.2) is 40.3 Å². The zero-order valence-corrected chi connectivity index (χ0v) is 11.9. The van der Waals surface area contributed by atoms with E-state index in [4.69, 9.17) is 5.53 Å². The van der Waals surface area contributed by atoms with E-state index in [1.807, 2.05) is 30.0 Å². The summed E-state index contributed by atoms with van der Waals surface area (Å²) in [6.45, 7) is 4.31. The molecule has 0 saturated heterocycles. The number of hydrogen-bond acceptors (Lipinski definition) is 2. The van der Waals surface area contributed by atoms with Crippen LogP contribution in [0.25, 0.3) is 10.4 Å². The highest BCUT2D eigenvalue weighted by molar-refractivity contribution is 8.00. The molecule has 0 aliphatic heterocycles. The Morgan fingerprint density at radius 3 is 2.39 bits per heavy atom. The molecule has 3 nitrogen and oxygen atoms in total. The van der Waals surface area contributed by atoms with Gasteiger partial charge in [-0.1, -0.05) is 50.0 Å². The maximum atomic E-state index is 8.70. The Kier molecular flexibility index (Phi) is 7.38. The molecule has 0 fully saturated rings. The van der Waals surface area contributed by atoms with Crippen molar-refractivity contribution in [3.63, 3.8) is 0 Å². The van der Waals surface area contributed by atoms with Crippen LogP contribution in [-0.4, -0.2) is 11.3 Å². The minimum absolute atomic E-state index is 0.102. The van der Waals surface area contributed by atoms with E-state index >= 15 is 0 Å². The summed E-state index contributed by atoms with van der Waals surface area (Å²) in [5, 5.41) is 4.37. The molecule has 0 saturated carbocycles. The maximum Gasteiger partial charge on any atom is 0.0496 e. The number of benzene rings is 1. The molecule has 0 aliphatic carbocycles. The average molecular weight is 263 g/mol. The summed E-state index contributed by atoms with van der Waals surface area (Å²) in [5.74, 6) is 0. The third-order valence-corrected chi connectivity index (χ3v) is 4.21. The fraction of sp³-hybridized carbons (Fsp3) is 0.571. The molecule has 0 N–H and O–H groups in total. The van der Waals surface area contributed by atoms with Gasteiger partial charge in [-0.25, -0.2) is 0 Å². The highest BCUT2D eigenvalue weighted by Gasteiger charge is 2.20. The Morgan fingerprint density at radius 2 is 1.83 bits per heavy atom. The summed E-state index contributed by atoms with van der Waals surface area (Å²) in [6.07, 6.45) is 4.22. The first kappa shape index (κ1) is 14.9. The SMILES string of the molecule is CCC[C@H](Sc1ccccc1)[C@@H](CCC)N=[N+]=[N-]. The second kappa shape index (κ2) is 8.90. The van der Waals surface area contributed by atoms with E-state index in [1.165, 1.54) is 4.90 Å². The predicted molar refractivity (Wildman–Crippen MR) is 78.8 cm³/mol. The van der Waals surface area contributed by atoms with Crippen molar-refractivity contribution in [2.24, 2.45) is 5.11 Å². The van der Waals surface area contributed by atoms with Gasteiger partial charge in [0.2, 0.25) is 0 Å². The lowest BCUT2D eigenvalue weighted by Gasteiger charge is -2.22. The van der Waals surface area contributed by atoms with Crippen LogP contribution >= 0.6 is 11.8 Å². The van der Waals surface area contributed by atoms with E-state index in [-0.39, 0.29) is 6.04 Å². The van der Waals surface area contributed by atoms with Gasteiger partial charge in [0.1, 0.15) is 0 Å². The molecule has 18 heavy (non-hydrogen) atoms. The van der Waals surface area contributed by atoms with Gasteiger partial charge in [-0.3, -0.25) is 0 Å². The van der Waals surface area contributed by atoms with Crippen molar-refractivity contribution in [3.05, 3.63) is 40.8 Å². The molecule has 0 spiro atoms. The summed E-state index contributed by atoms with van der Waals surface area (Å²) < 4.78 is 0. The number of nitrogens with zero attached hydrogens (tertiary/aromatic N) is 3. The quantitative estimate of drug-likeness (QED) is 0.267. The Labute approximate surface area is 114 Å². The highest BCUT2D eigenvalue weighted by atomic mass is 32.2. The number of thioether (sulfide) groups is 1. The Bertz CT molecular complexity index is 374. The second-order valence-electron chi connectivity index (χ2n) is 4.32. The van der Waals surface area contributed by atoms with Crippen LogP contribution in [0.3, 0.4) is 0 Å². The molecule has 4 heteroatoms. The van der Waals surface area contributed by atoms with Crippen molar-refractivity contribution in [1.82, 2.24) is 0 Å². The van der Waals surface area contributed by atoms with Gasteiger partial charge in [0.25, 0.3) is 0 Å². The molecule has 1 aromatic rings. The van der Waals surface area contributed by atoms with Gasteiger partial charge in [-0.05, 0) is 30.5 Å². The fourth-order valence-electron chi connectivity index (χ4n) is 1.97. The van der Waals surface area contributed by atoms with Crippen molar-refractivity contribution in [2.45, 2.75) is 55.7 Å². The van der Waals surface area contributed by atoms with Gasteiger partial charge < -0.3 is 0 Å². The Hall–Kier alpha value is -1.12. The van der Waals surface area contributed by atoms with Crippen LogP contribution in [0, 0.1) is 0 Å². The van der Waals surface area contributed by atoms with Gasteiger partial charge in [0.05, 0.1) is 0 Å². The molecule has 0 aromatic heterocycles. The highest BCUT2D eigenvalue weighted by Crippen LogP contribution is 2.31. The predicted octanol–water partition coefficient (Wildman–Crippen LogP) is 5.43. The largest absolute Gasteiger partial charge is 0.122 e. The molecular weight excluding hydrogens is 242 g/mol. The maximum absolute atomic E-state index is 8.70. The monoisotopic (exact) mass is 263 g/mol. The van der Waals surface area contributed by atoms with Crippen molar-refractivity contribution >= 4 is 11.8 Å². The van der Waals surface area contributed by atoms with Gasteiger partial charge in [0.15, 0.2) is 0 Å². The van der Waals surface area contributed by atoms with E-state index in [0.717, 1.165) is 25.7 Å². The summed E-state index contributed by atoms with van der Waals surface area (Å²) in [5.41, 5.74) is 8.70. The van der Waals surface area contributed by atoms with Gasteiger partial charge in [-0.15, -0.1) is 11.8 Å². The first-order valence-electron chi connectivity index (χ1n) is 6.57. The molecule has 1 rings (SSSR count). The zero-order chi connectivity index (χ0) is 13.2. The second-order valence-corrected chi connectivity index (χ2v) is 5.63. The van der Waals surface area contributed by atoms with E-state index in [0.29, 0.717) is 5.25 Å². The summed E-state index contributed by atoms with van der Waals surface area (Å²) in [4.78, 5) is 4.27. The van der Waals surface area contributed by atoms with E-state index in [2.05, 4.69) is 36.0 Å². The lowest BCUT2D eigenvalue weighted by Crippen LogP contribution is -2.20. The average Bonchev–Trinajstić information content (AvgIpc) is 2.39. The standard InChI is InChI=1S/C14H21N3S/c1-3-8-13(16-17-15)14(9-4-2)18-12-10-6-5-7-11-12/h5-7,10-11,13-14H,3-4,8-9H2,1-2H3/t13-,14+/m1/s1. The van der Waals surface area contributed by atoms with Crippen molar-refractivity contribution in [1.29, 1.82) is 0 Å². The minimum atomic E-state index is 0.102. The van der Waals surface area contributed by atoms with Crippen molar-refractivity contribution < 1.29 is 0 Å². The molecule has 0 aliphatic rings. The molecule has 0 unspecified atom stereocenters. The van der Waals surface area contributed by atoms with Gasteiger partial charge in [0, 0.05) is 21.1 Å². The fourth-order valence-corrected chi connectivity index (χ4v) is 3.33. The van der Waals surface area contributed by atoms with E-state index in [9.17, 15) is 0 Å². The minimum Gasteiger partial charge on any atom is -0.122 e. The molecule has 1 aromatic carbocycles. The number of azide groups is 1. The van der Waals surface area contributed by atoms with Gasteiger partial charge >= 0.3 is 0 Å².